The average Bonchev–Trinajstić information content (AvgIpc) is 3.24. The summed E-state index contributed by atoms with van der Waals surface area (Å²) in [5, 5.41) is 0. The van der Waals surface area contributed by atoms with Crippen LogP contribution in [0.25, 0.3) is 16.9 Å². The highest BCUT2D eigenvalue weighted by atomic mass is 28.4. The Morgan fingerprint density at radius 3 is 2.23 bits per heavy atom. The molecule has 0 aromatic heterocycles. The third-order valence-electron chi connectivity index (χ3n) is 5.91. The first kappa shape index (κ1) is 19.2. The van der Waals surface area contributed by atoms with Gasteiger partial charge in [0.25, 0.3) is 0 Å². The van der Waals surface area contributed by atoms with Gasteiger partial charge in [-0.15, -0.1) is 0 Å². The normalized spacial score (nSPS) is 16.9. The fourth-order valence-electron chi connectivity index (χ4n) is 4.84. The Morgan fingerprint density at radius 1 is 0.800 bits per heavy atom. The maximum absolute atomic E-state index is 6.62. The molecule has 0 fully saturated rings. The van der Waals surface area contributed by atoms with E-state index in [-0.39, 0.29) is 5.92 Å². The predicted molar refractivity (Wildman–Crippen MR) is 126 cm³/mol. The molecule has 2 aliphatic rings. The van der Waals surface area contributed by atoms with Gasteiger partial charge in [0, 0.05) is 5.56 Å². The summed E-state index contributed by atoms with van der Waals surface area (Å²) in [5.41, 5.74) is 9.36. The van der Waals surface area contributed by atoms with Crippen LogP contribution in [0.4, 0.5) is 0 Å². The van der Waals surface area contributed by atoms with Gasteiger partial charge in [-0.3, -0.25) is 0 Å². The number of rotatable bonds is 5. The predicted octanol–water partition coefficient (Wildman–Crippen LogP) is 6.96. The Hall–Kier alpha value is -2.78. The lowest BCUT2D eigenvalue weighted by Crippen LogP contribution is -2.24. The maximum Gasteiger partial charge on any atom is 0.242 e. The minimum atomic E-state index is -1.80. The van der Waals surface area contributed by atoms with Crippen molar-refractivity contribution in [3.63, 3.8) is 0 Å². The summed E-state index contributed by atoms with van der Waals surface area (Å²) >= 11 is 0. The molecule has 0 saturated heterocycles. The summed E-state index contributed by atoms with van der Waals surface area (Å²) < 4.78 is 12.9. The van der Waals surface area contributed by atoms with Crippen LogP contribution in [-0.2, 0) is 15.6 Å². The SMILES string of the molecule is CCOC1=C(O[Si](C)(C)C)c2ccccc2C1c1cccc2c1Cc1ccccc1-2. The van der Waals surface area contributed by atoms with Crippen molar-refractivity contribution in [1.82, 2.24) is 0 Å². The van der Waals surface area contributed by atoms with E-state index in [1.807, 2.05) is 0 Å². The Labute approximate surface area is 180 Å². The van der Waals surface area contributed by atoms with Crippen LogP contribution in [-0.4, -0.2) is 14.9 Å². The topological polar surface area (TPSA) is 18.5 Å². The molecule has 0 aliphatic heterocycles. The summed E-state index contributed by atoms with van der Waals surface area (Å²) in [7, 11) is -1.80. The van der Waals surface area contributed by atoms with Crippen LogP contribution in [0.5, 0.6) is 0 Å². The molecule has 3 aromatic carbocycles. The standard InChI is InChI=1S/C27H28O2Si/c1-5-28-27-25(21-13-8-9-14-23(21)26(27)29-30(2,3)4)22-16-10-15-20-19-12-7-6-11-18(19)17-24(20)22/h6-16,25H,5,17H2,1-4H3. The fraction of sp³-hybridized carbons (Fsp3) is 0.259. The summed E-state index contributed by atoms with van der Waals surface area (Å²) in [5.74, 6) is 2.01. The number of allylic oxidation sites excluding steroid dienone is 1. The molecule has 0 radical (unpaired) electrons. The van der Waals surface area contributed by atoms with Crippen molar-refractivity contribution in [1.29, 1.82) is 0 Å². The zero-order valence-corrected chi connectivity index (χ0v) is 19.2. The van der Waals surface area contributed by atoms with Crippen molar-refractivity contribution in [3.8, 4) is 11.1 Å². The minimum absolute atomic E-state index is 0.0803. The van der Waals surface area contributed by atoms with E-state index in [4.69, 9.17) is 9.16 Å². The van der Waals surface area contributed by atoms with Crippen molar-refractivity contribution in [3.05, 3.63) is 100 Å². The molecule has 30 heavy (non-hydrogen) atoms. The van der Waals surface area contributed by atoms with Gasteiger partial charge in [0.2, 0.25) is 8.32 Å². The molecule has 0 saturated carbocycles. The van der Waals surface area contributed by atoms with Gasteiger partial charge < -0.3 is 9.16 Å². The molecule has 2 nitrogen and oxygen atoms in total. The lowest BCUT2D eigenvalue weighted by Gasteiger charge is -2.23. The molecule has 0 spiro atoms. The number of hydrogen-bond donors (Lipinski definition) is 0. The van der Waals surface area contributed by atoms with Gasteiger partial charge in [0.1, 0.15) is 5.76 Å². The molecule has 3 aromatic rings. The highest BCUT2D eigenvalue weighted by Gasteiger charge is 2.39. The van der Waals surface area contributed by atoms with Gasteiger partial charge in [0.15, 0.2) is 5.76 Å². The summed E-state index contributed by atoms with van der Waals surface area (Å²) in [6.07, 6.45) is 0.976. The van der Waals surface area contributed by atoms with Gasteiger partial charge >= 0.3 is 0 Å². The highest BCUT2D eigenvalue weighted by molar-refractivity contribution is 6.70. The van der Waals surface area contributed by atoms with E-state index in [0.29, 0.717) is 6.61 Å². The van der Waals surface area contributed by atoms with Crippen molar-refractivity contribution in [2.24, 2.45) is 0 Å². The fourth-order valence-corrected chi connectivity index (χ4v) is 5.66. The summed E-state index contributed by atoms with van der Waals surface area (Å²) in [6, 6.07) is 24.2. The second-order valence-electron chi connectivity index (χ2n) is 9.07. The molecule has 0 N–H and O–H groups in total. The molecular weight excluding hydrogens is 384 g/mol. The van der Waals surface area contributed by atoms with Crippen LogP contribution in [0, 0.1) is 0 Å². The monoisotopic (exact) mass is 412 g/mol. The molecule has 5 rings (SSSR count). The first-order chi connectivity index (χ1) is 14.5. The molecule has 152 valence electrons. The van der Waals surface area contributed by atoms with Crippen LogP contribution in [0.15, 0.2) is 72.5 Å². The summed E-state index contributed by atoms with van der Waals surface area (Å²) in [4.78, 5) is 0. The lowest BCUT2D eigenvalue weighted by molar-refractivity contribution is 0.212. The lowest BCUT2D eigenvalue weighted by atomic mass is 9.87. The van der Waals surface area contributed by atoms with E-state index < -0.39 is 8.32 Å². The van der Waals surface area contributed by atoms with E-state index >= 15 is 0 Å². The van der Waals surface area contributed by atoms with Gasteiger partial charge in [-0.2, -0.15) is 0 Å². The second-order valence-corrected chi connectivity index (χ2v) is 13.5. The van der Waals surface area contributed by atoms with E-state index in [1.165, 1.54) is 38.9 Å². The van der Waals surface area contributed by atoms with Crippen molar-refractivity contribution in [2.45, 2.75) is 38.9 Å². The van der Waals surface area contributed by atoms with Crippen molar-refractivity contribution >= 4 is 14.1 Å². The van der Waals surface area contributed by atoms with E-state index in [2.05, 4.69) is 93.3 Å². The molecule has 2 aliphatic carbocycles. The molecule has 0 bridgehead atoms. The van der Waals surface area contributed by atoms with Crippen LogP contribution < -0.4 is 0 Å². The third kappa shape index (κ3) is 3.09. The van der Waals surface area contributed by atoms with Crippen LogP contribution >= 0.6 is 0 Å². The zero-order valence-electron chi connectivity index (χ0n) is 18.2. The maximum atomic E-state index is 6.62. The molecule has 3 heteroatoms. The Morgan fingerprint density at radius 2 is 1.47 bits per heavy atom. The number of benzene rings is 3. The first-order valence-electron chi connectivity index (χ1n) is 10.8. The second kappa shape index (κ2) is 7.17. The molecule has 1 unspecified atom stereocenters. The summed E-state index contributed by atoms with van der Waals surface area (Å²) in [6.45, 7) is 9.39. The Balaban J connectivity index is 1.71. The zero-order chi connectivity index (χ0) is 20.9. The van der Waals surface area contributed by atoms with Crippen molar-refractivity contribution in [2.75, 3.05) is 6.61 Å². The van der Waals surface area contributed by atoms with Gasteiger partial charge in [-0.05, 0) is 66.4 Å². The number of ether oxygens (including phenoxy) is 1. The van der Waals surface area contributed by atoms with Gasteiger partial charge in [0.05, 0.1) is 12.5 Å². The van der Waals surface area contributed by atoms with E-state index in [1.54, 1.807) is 0 Å². The molecule has 1 atom stereocenters. The average molecular weight is 413 g/mol. The van der Waals surface area contributed by atoms with Crippen LogP contribution in [0.2, 0.25) is 19.6 Å². The molecule has 0 amide bonds. The first-order valence-corrected chi connectivity index (χ1v) is 14.2. The highest BCUT2D eigenvalue weighted by Crippen LogP contribution is 2.50. The quantitative estimate of drug-likeness (QED) is 0.330. The minimum Gasteiger partial charge on any atom is -0.542 e. The van der Waals surface area contributed by atoms with Crippen LogP contribution in [0.3, 0.4) is 0 Å². The third-order valence-corrected chi connectivity index (χ3v) is 6.73. The number of hydrogen-bond acceptors (Lipinski definition) is 2. The van der Waals surface area contributed by atoms with E-state index in [9.17, 15) is 0 Å². The largest absolute Gasteiger partial charge is 0.542 e. The van der Waals surface area contributed by atoms with Gasteiger partial charge in [-0.1, -0.05) is 66.7 Å². The van der Waals surface area contributed by atoms with Gasteiger partial charge in [-0.25, -0.2) is 0 Å². The van der Waals surface area contributed by atoms with Crippen LogP contribution in [0.1, 0.15) is 40.7 Å². The van der Waals surface area contributed by atoms with E-state index in [0.717, 1.165) is 17.9 Å². The molecular formula is C27H28O2Si. The van der Waals surface area contributed by atoms with Crippen molar-refractivity contribution < 1.29 is 9.16 Å². The number of fused-ring (bicyclic) bond motifs is 4. The molecule has 0 heterocycles. The Kier molecular flexibility index (Phi) is 4.59. The smallest absolute Gasteiger partial charge is 0.242 e. The Bertz CT molecular complexity index is 1150.